The first-order valence-electron chi connectivity index (χ1n) is 5.46. The minimum absolute atomic E-state index is 0.0613. The first kappa shape index (κ1) is 12.7. The van der Waals surface area contributed by atoms with Gasteiger partial charge in [-0.25, -0.2) is 0 Å². The third-order valence-corrected chi connectivity index (χ3v) is 2.96. The minimum Gasteiger partial charge on any atom is -0.482 e. The molecule has 0 radical (unpaired) electrons. The number of carbonyl (C=O) groups excluding carboxylic acids is 2. The second-order valence-electron chi connectivity index (χ2n) is 3.95. The van der Waals surface area contributed by atoms with E-state index >= 15 is 0 Å². The van der Waals surface area contributed by atoms with Gasteiger partial charge in [-0.15, -0.1) is 11.6 Å². The number of carbonyl (C=O) groups is 2. The quantitative estimate of drug-likeness (QED) is 0.829. The maximum atomic E-state index is 11.5. The van der Waals surface area contributed by atoms with Crippen molar-refractivity contribution in [3.8, 4) is 5.75 Å². The summed E-state index contributed by atoms with van der Waals surface area (Å²) in [4.78, 5) is 24.1. The Kier molecular flexibility index (Phi) is 3.72. The smallest absolute Gasteiger partial charge is 0.264 e. The van der Waals surface area contributed by atoms with Crippen molar-refractivity contribution in [3.63, 3.8) is 0 Å². The average Bonchev–Trinajstić information content (AvgIpc) is 2.40. The SMILES string of the molecule is CN1C(=O)COc2ccc(CNC(=O)CCl)cc21. The lowest BCUT2D eigenvalue weighted by molar-refractivity contribution is -0.121. The van der Waals surface area contributed by atoms with Gasteiger partial charge >= 0.3 is 0 Å². The molecule has 0 saturated heterocycles. The Morgan fingerprint density at radius 3 is 3.06 bits per heavy atom. The van der Waals surface area contributed by atoms with Gasteiger partial charge in [0.1, 0.15) is 11.6 Å². The van der Waals surface area contributed by atoms with Crippen LogP contribution in [-0.4, -0.2) is 31.3 Å². The number of ether oxygens (including phenoxy) is 1. The van der Waals surface area contributed by atoms with Gasteiger partial charge in [-0.3, -0.25) is 9.59 Å². The Morgan fingerprint density at radius 1 is 1.56 bits per heavy atom. The van der Waals surface area contributed by atoms with Crippen LogP contribution >= 0.6 is 11.6 Å². The van der Waals surface area contributed by atoms with Gasteiger partial charge in [-0.2, -0.15) is 0 Å². The molecular formula is C12H13ClN2O3. The van der Waals surface area contributed by atoms with Gasteiger partial charge in [0.15, 0.2) is 6.61 Å². The van der Waals surface area contributed by atoms with Crippen LogP contribution in [0, 0.1) is 0 Å². The fourth-order valence-electron chi connectivity index (χ4n) is 1.68. The van der Waals surface area contributed by atoms with Gasteiger partial charge in [-0.05, 0) is 17.7 Å². The zero-order valence-electron chi connectivity index (χ0n) is 9.90. The molecule has 1 aromatic carbocycles. The highest BCUT2D eigenvalue weighted by molar-refractivity contribution is 6.27. The van der Waals surface area contributed by atoms with Crippen LogP contribution in [0.3, 0.4) is 0 Å². The normalized spacial score (nSPS) is 13.9. The van der Waals surface area contributed by atoms with E-state index in [0.717, 1.165) is 5.56 Å². The van der Waals surface area contributed by atoms with Crippen molar-refractivity contribution in [1.82, 2.24) is 5.32 Å². The molecule has 1 N–H and O–H groups in total. The van der Waals surface area contributed by atoms with Crippen LogP contribution < -0.4 is 15.0 Å². The van der Waals surface area contributed by atoms with Crippen LogP contribution in [0.2, 0.25) is 0 Å². The topological polar surface area (TPSA) is 58.6 Å². The summed E-state index contributed by atoms with van der Waals surface area (Å²) >= 11 is 5.39. The molecule has 0 saturated carbocycles. The number of likely N-dealkylation sites (N-methyl/N-ethyl adjacent to an activating group) is 1. The number of nitrogens with one attached hydrogen (secondary N) is 1. The molecule has 0 bridgehead atoms. The number of halogens is 1. The fourth-order valence-corrected chi connectivity index (χ4v) is 1.77. The summed E-state index contributed by atoms with van der Waals surface area (Å²) in [5.41, 5.74) is 1.60. The number of hydrogen-bond acceptors (Lipinski definition) is 3. The Hall–Kier alpha value is -1.75. The first-order valence-corrected chi connectivity index (χ1v) is 6.00. The summed E-state index contributed by atoms with van der Waals surface area (Å²) < 4.78 is 5.31. The second kappa shape index (κ2) is 5.27. The highest BCUT2D eigenvalue weighted by Gasteiger charge is 2.22. The number of amides is 2. The van der Waals surface area contributed by atoms with Gasteiger partial charge in [0.2, 0.25) is 5.91 Å². The van der Waals surface area contributed by atoms with E-state index < -0.39 is 0 Å². The van der Waals surface area contributed by atoms with Crippen LogP contribution in [0.25, 0.3) is 0 Å². The maximum Gasteiger partial charge on any atom is 0.264 e. The van der Waals surface area contributed by atoms with Crippen molar-refractivity contribution in [2.75, 3.05) is 24.4 Å². The van der Waals surface area contributed by atoms with Crippen molar-refractivity contribution in [1.29, 1.82) is 0 Å². The molecule has 1 heterocycles. The predicted octanol–water partition coefficient (Wildman–Crippen LogP) is 0.897. The Bertz CT molecular complexity index is 490. The third kappa shape index (κ3) is 2.56. The molecule has 0 unspecified atom stereocenters. The molecule has 1 aliphatic rings. The van der Waals surface area contributed by atoms with Crippen LogP contribution in [0.1, 0.15) is 5.56 Å². The van der Waals surface area contributed by atoms with E-state index in [1.807, 2.05) is 12.1 Å². The van der Waals surface area contributed by atoms with E-state index in [0.29, 0.717) is 18.0 Å². The molecule has 0 aromatic heterocycles. The predicted molar refractivity (Wildman–Crippen MR) is 67.9 cm³/mol. The molecular weight excluding hydrogens is 256 g/mol. The zero-order valence-corrected chi connectivity index (χ0v) is 10.7. The van der Waals surface area contributed by atoms with Gasteiger partial charge in [0.05, 0.1) is 5.69 Å². The molecule has 6 heteroatoms. The number of fused-ring (bicyclic) bond motifs is 1. The minimum atomic E-state index is -0.227. The Morgan fingerprint density at radius 2 is 2.33 bits per heavy atom. The van der Waals surface area contributed by atoms with E-state index in [9.17, 15) is 9.59 Å². The third-order valence-electron chi connectivity index (χ3n) is 2.72. The number of alkyl halides is 1. The lowest BCUT2D eigenvalue weighted by Crippen LogP contribution is -2.35. The number of nitrogens with zero attached hydrogens (tertiary/aromatic N) is 1. The molecule has 5 nitrogen and oxygen atoms in total. The Balaban J connectivity index is 2.16. The van der Waals surface area contributed by atoms with Crippen molar-refractivity contribution in [3.05, 3.63) is 23.8 Å². The standard InChI is InChI=1S/C12H13ClN2O3/c1-15-9-4-8(6-14-11(16)5-13)2-3-10(9)18-7-12(15)17/h2-4H,5-7H2,1H3,(H,14,16). The lowest BCUT2D eigenvalue weighted by atomic mass is 10.1. The molecule has 18 heavy (non-hydrogen) atoms. The van der Waals surface area contributed by atoms with Crippen molar-refractivity contribution in [2.45, 2.75) is 6.54 Å². The van der Waals surface area contributed by atoms with Crippen molar-refractivity contribution >= 4 is 29.1 Å². The highest BCUT2D eigenvalue weighted by Crippen LogP contribution is 2.31. The largest absolute Gasteiger partial charge is 0.482 e. The maximum absolute atomic E-state index is 11.5. The van der Waals surface area contributed by atoms with Crippen molar-refractivity contribution < 1.29 is 14.3 Å². The van der Waals surface area contributed by atoms with E-state index in [-0.39, 0.29) is 24.3 Å². The van der Waals surface area contributed by atoms with E-state index in [2.05, 4.69) is 5.32 Å². The fraction of sp³-hybridized carbons (Fsp3) is 0.333. The highest BCUT2D eigenvalue weighted by atomic mass is 35.5. The monoisotopic (exact) mass is 268 g/mol. The molecule has 0 spiro atoms. The van der Waals surface area contributed by atoms with Crippen LogP contribution in [0.5, 0.6) is 5.75 Å². The summed E-state index contributed by atoms with van der Waals surface area (Å²) in [6, 6.07) is 5.46. The van der Waals surface area contributed by atoms with Crippen LogP contribution in [0.4, 0.5) is 5.69 Å². The van der Waals surface area contributed by atoms with E-state index in [1.54, 1.807) is 18.0 Å². The van der Waals surface area contributed by atoms with Crippen LogP contribution in [0.15, 0.2) is 18.2 Å². The zero-order chi connectivity index (χ0) is 13.1. The average molecular weight is 269 g/mol. The molecule has 2 amide bonds. The molecule has 96 valence electrons. The molecule has 2 rings (SSSR count). The van der Waals surface area contributed by atoms with Gasteiger partial charge in [0, 0.05) is 13.6 Å². The molecule has 0 fully saturated rings. The number of benzene rings is 1. The summed E-state index contributed by atoms with van der Waals surface area (Å²) in [6.07, 6.45) is 0. The van der Waals surface area contributed by atoms with Crippen molar-refractivity contribution in [2.24, 2.45) is 0 Å². The number of rotatable bonds is 3. The Labute approximate surface area is 110 Å². The van der Waals surface area contributed by atoms with E-state index in [4.69, 9.17) is 16.3 Å². The summed E-state index contributed by atoms with van der Waals surface area (Å²) in [5, 5.41) is 2.67. The van der Waals surface area contributed by atoms with Gasteiger partial charge < -0.3 is 15.0 Å². The van der Waals surface area contributed by atoms with E-state index in [1.165, 1.54) is 0 Å². The molecule has 0 aliphatic carbocycles. The summed E-state index contributed by atoms with van der Waals surface area (Å²) in [7, 11) is 1.70. The summed E-state index contributed by atoms with van der Waals surface area (Å²) in [5.74, 6) is 0.288. The van der Waals surface area contributed by atoms with Crippen LogP contribution in [-0.2, 0) is 16.1 Å². The second-order valence-corrected chi connectivity index (χ2v) is 4.22. The number of anilines is 1. The molecule has 1 aromatic rings. The summed E-state index contributed by atoms with van der Waals surface area (Å²) in [6.45, 7) is 0.437. The first-order chi connectivity index (χ1) is 8.61. The van der Waals surface area contributed by atoms with Gasteiger partial charge in [0.25, 0.3) is 5.91 Å². The lowest BCUT2D eigenvalue weighted by Gasteiger charge is -2.26. The van der Waals surface area contributed by atoms with Gasteiger partial charge in [-0.1, -0.05) is 6.07 Å². The number of hydrogen-bond donors (Lipinski definition) is 1. The molecule has 1 aliphatic heterocycles. The molecule has 0 atom stereocenters.